The molecular weight excluding hydrogens is 307 g/mol. The average molecular weight is 327 g/mol. The summed E-state index contributed by atoms with van der Waals surface area (Å²) in [7, 11) is 0. The van der Waals surface area contributed by atoms with Crippen LogP contribution in [0.5, 0.6) is 0 Å². The van der Waals surface area contributed by atoms with Gasteiger partial charge in [-0.2, -0.15) is 0 Å². The van der Waals surface area contributed by atoms with Gasteiger partial charge in [0.25, 0.3) is 5.91 Å². The van der Waals surface area contributed by atoms with E-state index in [1.165, 1.54) is 32.1 Å². The number of halogens is 2. The van der Waals surface area contributed by atoms with Gasteiger partial charge in [0.2, 0.25) is 0 Å². The van der Waals surface area contributed by atoms with Gasteiger partial charge in [0.05, 0.1) is 5.02 Å². The first kappa shape index (κ1) is 15.1. The molecule has 1 saturated carbocycles. The highest BCUT2D eigenvalue weighted by Gasteiger charge is 2.36. The third-order valence-corrected chi connectivity index (χ3v) is 5.28. The van der Waals surface area contributed by atoms with Crippen molar-refractivity contribution in [1.82, 2.24) is 9.88 Å². The quantitative estimate of drug-likeness (QED) is 0.745. The molecule has 2 fully saturated rings. The van der Waals surface area contributed by atoms with Crippen molar-refractivity contribution in [3.63, 3.8) is 0 Å². The number of likely N-dealkylation sites (tertiary alicyclic amines) is 1. The molecule has 0 radical (unpaired) electrons. The monoisotopic (exact) mass is 326 g/mol. The van der Waals surface area contributed by atoms with Crippen molar-refractivity contribution >= 4 is 29.1 Å². The Morgan fingerprint density at radius 3 is 2.62 bits per heavy atom. The minimum Gasteiger partial charge on any atom is -0.334 e. The van der Waals surface area contributed by atoms with Crippen LogP contribution >= 0.6 is 23.2 Å². The van der Waals surface area contributed by atoms with Crippen LogP contribution in [0, 0.1) is 5.92 Å². The molecule has 1 aliphatic carbocycles. The van der Waals surface area contributed by atoms with Crippen LogP contribution in [0.15, 0.2) is 12.1 Å². The molecule has 2 heterocycles. The second-order valence-corrected chi connectivity index (χ2v) is 6.87. The summed E-state index contributed by atoms with van der Waals surface area (Å²) in [5, 5.41) is 0.704. The summed E-state index contributed by atoms with van der Waals surface area (Å²) in [5.74, 6) is 0.582. The van der Waals surface area contributed by atoms with Crippen LogP contribution in [0.4, 0.5) is 0 Å². The summed E-state index contributed by atoms with van der Waals surface area (Å²) in [4.78, 5) is 18.9. The zero-order chi connectivity index (χ0) is 14.8. The summed E-state index contributed by atoms with van der Waals surface area (Å²) in [5.41, 5.74) is 0.298. The highest BCUT2D eigenvalue weighted by molar-refractivity contribution is 6.34. The number of hydrogen-bond donors (Lipinski definition) is 0. The number of aromatic nitrogens is 1. The number of rotatable bonds is 2. The Morgan fingerprint density at radius 1 is 1.10 bits per heavy atom. The smallest absolute Gasteiger partial charge is 0.274 e. The fraction of sp³-hybridized carbons (Fsp3) is 0.625. The van der Waals surface area contributed by atoms with Crippen molar-refractivity contribution in [1.29, 1.82) is 0 Å². The maximum atomic E-state index is 12.8. The van der Waals surface area contributed by atoms with Gasteiger partial charge in [-0.15, -0.1) is 0 Å². The lowest BCUT2D eigenvalue weighted by atomic mass is 9.83. The Balaban J connectivity index is 1.80. The summed E-state index contributed by atoms with van der Waals surface area (Å²) < 4.78 is 0. The van der Waals surface area contributed by atoms with Gasteiger partial charge in [-0.25, -0.2) is 4.98 Å². The van der Waals surface area contributed by atoms with Gasteiger partial charge in [0.15, 0.2) is 0 Å². The molecule has 0 bridgehead atoms. The zero-order valence-electron chi connectivity index (χ0n) is 12.0. The van der Waals surface area contributed by atoms with E-state index in [-0.39, 0.29) is 5.91 Å². The molecule has 0 spiro atoms. The van der Waals surface area contributed by atoms with Crippen molar-refractivity contribution in [3.05, 3.63) is 28.0 Å². The van der Waals surface area contributed by atoms with Crippen molar-refractivity contribution in [2.24, 2.45) is 5.92 Å². The van der Waals surface area contributed by atoms with Crippen LogP contribution in [0.25, 0.3) is 0 Å². The van der Waals surface area contributed by atoms with Crippen LogP contribution in [-0.4, -0.2) is 28.4 Å². The van der Waals surface area contributed by atoms with Crippen LogP contribution in [-0.2, 0) is 0 Å². The SMILES string of the molecule is O=C(c1nc(Cl)ccc1Cl)N1CCCC1C1CCCCC1. The average Bonchev–Trinajstić information content (AvgIpc) is 2.99. The van der Waals surface area contributed by atoms with Gasteiger partial charge in [-0.1, -0.05) is 42.5 Å². The zero-order valence-corrected chi connectivity index (χ0v) is 13.5. The lowest BCUT2D eigenvalue weighted by molar-refractivity contribution is 0.0656. The minimum atomic E-state index is -0.0597. The van der Waals surface area contributed by atoms with Gasteiger partial charge >= 0.3 is 0 Å². The molecule has 5 heteroatoms. The first-order valence-corrected chi connectivity index (χ1v) is 8.55. The molecule has 1 atom stereocenters. The molecule has 21 heavy (non-hydrogen) atoms. The van der Waals surface area contributed by atoms with E-state index in [2.05, 4.69) is 4.98 Å². The molecule has 3 rings (SSSR count). The summed E-state index contributed by atoms with van der Waals surface area (Å²) in [6, 6.07) is 3.62. The number of carbonyl (C=O) groups is 1. The molecule has 3 nitrogen and oxygen atoms in total. The highest BCUT2D eigenvalue weighted by Crippen LogP contribution is 2.35. The Kier molecular flexibility index (Phi) is 4.70. The maximum Gasteiger partial charge on any atom is 0.274 e. The topological polar surface area (TPSA) is 33.2 Å². The summed E-state index contributed by atoms with van der Waals surface area (Å²) >= 11 is 12.0. The van der Waals surface area contributed by atoms with E-state index in [9.17, 15) is 4.79 Å². The second kappa shape index (κ2) is 6.53. The Morgan fingerprint density at radius 2 is 1.86 bits per heavy atom. The van der Waals surface area contributed by atoms with E-state index in [0.717, 1.165) is 19.4 Å². The van der Waals surface area contributed by atoms with E-state index in [4.69, 9.17) is 23.2 Å². The first-order chi connectivity index (χ1) is 10.2. The van der Waals surface area contributed by atoms with Gasteiger partial charge in [-0.05, 0) is 43.7 Å². The third-order valence-electron chi connectivity index (χ3n) is 4.77. The van der Waals surface area contributed by atoms with Crippen LogP contribution in [0.3, 0.4) is 0 Å². The van der Waals surface area contributed by atoms with E-state index >= 15 is 0 Å². The molecule has 1 saturated heterocycles. The lowest BCUT2D eigenvalue weighted by Gasteiger charge is -2.34. The lowest BCUT2D eigenvalue weighted by Crippen LogP contribution is -2.41. The fourth-order valence-corrected chi connectivity index (χ4v) is 4.09. The van der Waals surface area contributed by atoms with E-state index < -0.39 is 0 Å². The molecule has 1 unspecified atom stereocenters. The van der Waals surface area contributed by atoms with Gasteiger partial charge < -0.3 is 4.90 Å². The molecular formula is C16H20Cl2N2O. The van der Waals surface area contributed by atoms with Crippen molar-refractivity contribution in [2.45, 2.75) is 51.0 Å². The van der Waals surface area contributed by atoms with Gasteiger partial charge in [0, 0.05) is 12.6 Å². The Labute approximate surface area is 135 Å². The van der Waals surface area contributed by atoms with Crippen molar-refractivity contribution in [2.75, 3.05) is 6.54 Å². The summed E-state index contributed by atoms with van der Waals surface area (Å²) in [6.07, 6.45) is 8.58. The van der Waals surface area contributed by atoms with E-state index in [1.54, 1.807) is 12.1 Å². The molecule has 1 aromatic rings. The molecule has 1 aromatic heterocycles. The third kappa shape index (κ3) is 3.19. The van der Waals surface area contributed by atoms with Gasteiger partial charge in [0.1, 0.15) is 10.8 Å². The summed E-state index contributed by atoms with van der Waals surface area (Å²) in [6.45, 7) is 0.810. The standard InChI is InChI=1S/C16H20Cl2N2O/c17-12-8-9-14(18)19-15(12)16(21)20-10-4-7-13(20)11-5-2-1-3-6-11/h8-9,11,13H,1-7,10H2. The number of hydrogen-bond acceptors (Lipinski definition) is 2. The number of nitrogens with zero attached hydrogens (tertiary/aromatic N) is 2. The Bertz CT molecular complexity index is 529. The van der Waals surface area contributed by atoms with Crippen LogP contribution in [0.1, 0.15) is 55.4 Å². The van der Waals surface area contributed by atoms with Crippen molar-refractivity contribution < 1.29 is 4.79 Å². The molecule has 114 valence electrons. The van der Waals surface area contributed by atoms with E-state index in [0.29, 0.717) is 27.8 Å². The molecule has 1 aliphatic heterocycles. The van der Waals surface area contributed by atoms with Crippen LogP contribution in [0.2, 0.25) is 10.2 Å². The highest BCUT2D eigenvalue weighted by atomic mass is 35.5. The normalized spacial score (nSPS) is 23.5. The van der Waals surface area contributed by atoms with E-state index in [1.807, 2.05) is 4.90 Å². The predicted molar refractivity (Wildman–Crippen MR) is 84.9 cm³/mol. The van der Waals surface area contributed by atoms with Gasteiger partial charge in [-0.3, -0.25) is 4.79 Å². The number of pyridine rings is 1. The fourth-order valence-electron chi connectivity index (χ4n) is 3.76. The number of carbonyl (C=O) groups excluding carboxylic acids is 1. The largest absolute Gasteiger partial charge is 0.334 e. The number of amides is 1. The second-order valence-electron chi connectivity index (χ2n) is 6.07. The minimum absolute atomic E-state index is 0.0597. The molecule has 0 N–H and O–H groups in total. The van der Waals surface area contributed by atoms with Crippen molar-refractivity contribution in [3.8, 4) is 0 Å². The first-order valence-electron chi connectivity index (χ1n) is 7.80. The molecule has 2 aliphatic rings. The Hall–Kier alpha value is -0.800. The predicted octanol–water partition coefficient (Wildman–Crippen LogP) is 4.57. The maximum absolute atomic E-state index is 12.8. The molecule has 0 aromatic carbocycles. The molecule has 1 amide bonds. The van der Waals surface area contributed by atoms with Crippen LogP contribution < -0.4 is 0 Å².